The van der Waals surface area contributed by atoms with Crippen molar-refractivity contribution in [3.8, 4) is 0 Å². The zero-order valence-electron chi connectivity index (χ0n) is 15.6. The monoisotopic (exact) mass is 348 g/mol. The van der Waals surface area contributed by atoms with Crippen molar-refractivity contribution in [1.82, 2.24) is 4.90 Å². The van der Waals surface area contributed by atoms with E-state index in [0.29, 0.717) is 19.8 Å². The number of anilines is 1. The van der Waals surface area contributed by atoms with Crippen LogP contribution >= 0.6 is 0 Å². The molecular formula is C20H32N2O3. The van der Waals surface area contributed by atoms with Crippen molar-refractivity contribution in [3.63, 3.8) is 0 Å². The molecule has 2 atom stereocenters. The molecule has 5 nitrogen and oxygen atoms in total. The molecule has 2 aliphatic heterocycles. The van der Waals surface area contributed by atoms with Crippen LogP contribution in [0.25, 0.3) is 0 Å². The molecule has 2 saturated heterocycles. The van der Waals surface area contributed by atoms with Gasteiger partial charge in [-0.3, -0.25) is 4.90 Å². The van der Waals surface area contributed by atoms with Crippen LogP contribution in [-0.2, 0) is 9.47 Å². The number of aliphatic hydroxyl groups is 1. The third-order valence-electron chi connectivity index (χ3n) is 5.40. The number of hydrogen-bond acceptors (Lipinski definition) is 5. The van der Waals surface area contributed by atoms with Gasteiger partial charge in [0.05, 0.1) is 25.4 Å². The predicted molar refractivity (Wildman–Crippen MR) is 100 cm³/mol. The summed E-state index contributed by atoms with van der Waals surface area (Å²) in [5, 5.41) is 10.2. The number of piperazine rings is 1. The highest BCUT2D eigenvalue weighted by Gasteiger charge is 2.21. The molecule has 0 amide bonds. The van der Waals surface area contributed by atoms with E-state index in [-0.39, 0.29) is 6.10 Å². The van der Waals surface area contributed by atoms with Gasteiger partial charge in [-0.1, -0.05) is 12.1 Å². The fourth-order valence-electron chi connectivity index (χ4n) is 3.71. The van der Waals surface area contributed by atoms with Crippen LogP contribution in [-0.4, -0.2) is 74.8 Å². The smallest absolute Gasteiger partial charge is 0.0900 e. The van der Waals surface area contributed by atoms with Crippen molar-refractivity contribution in [3.05, 3.63) is 29.3 Å². The molecule has 0 aromatic heterocycles. The Balaban J connectivity index is 1.37. The normalized spacial score (nSPS) is 23.2. The molecule has 25 heavy (non-hydrogen) atoms. The SMILES string of the molecule is Cc1cccc(N2CCN(C[C@H](O)COC[C@H]3CCCO3)CC2)c1C. The summed E-state index contributed by atoms with van der Waals surface area (Å²) in [5.74, 6) is 0. The van der Waals surface area contributed by atoms with Crippen molar-refractivity contribution >= 4 is 5.69 Å². The summed E-state index contributed by atoms with van der Waals surface area (Å²) in [6, 6.07) is 6.52. The Hall–Kier alpha value is -1.14. The van der Waals surface area contributed by atoms with Crippen molar-refractivity contribution in [2.45, 2.75) is 38.9 Å². The molecule has 1 N–H and O–H groups in total. The van der Waals surface area contributed by atoms with Crippen molar-refractivity contribution in [2.24, 2.45) is 0 Å². The number of ether oxygens (including phenoxy) is 2. The van der Waals surface area contributed by atoms with Crippen LogP contribution in [0.15, 0.2) is 18.2 Å². The van der Waals surface area contributed by atoms with Crippen molar-refractivity contribution in [1.29, 1.82) is 0 Å². The number of aliphatic hydroxyl groups excluding tert-OH is 1. The maximum atomic E-state index is 10.2. The van der Waals surface area contributed by atoms with Crippen LogP contribution in [0.5, 0.6) is 0 Å². The molecule has 0 spiro atoms. The average molecular weight is 348 g/mol. The zero-order chi connectivity index (χ0) is 17.6. The number of β-amino-alcohol motifs (C(OH)–C–C–N with tert-alkyl or cyclic N) is 1. The minimum absolute atomic E-state index is 0.230. The van der Waals surface area contributed by atoms with Gasteiger partial charge in [0.25, 0.3) is 0 Å². The maximum absolute atomic E-state index is 10.2. The molecule has 0 radical (unpaired) electrons. The van der Waals surface area contributed by atoms with Gasteiger partial charge in [-0.25, -0.2) is 0 Å². The molecule has 0 bridgehead atoms. The fraction of sp³-hybridized carbons (Fsp3) is 0.700. The van der Waals surface area contributed by atoms with Gasteiger partial charge >= 0.3 is 0 Å². The second-order valence-electron chi connectivity index (χ2n) is 7.33. The summed E-state index contributed by atoms with van der Waals surface area (Å²) >= 11 is 0. The predicted octanol–water partition coefficient (Wildman–Crippen LogP) is 1.98. The quantitative estimate of drug-likeness (QED) is 0.816. The maximum Gasteiger partial charge on any atom is 0.0900 e. The molecule has 1 aromatic carbocycles. The van der Waals surface area contributed by atoms with E-state index in [0.717, 1.165) is 45.6 Å². The lowest BCUT2D eigenvalue weighted by molar-refractivity contribution is -0.0254. The highest BCUT2D eigenvalue weighted by Crippen LogP contribution is 2.23. The summed E-state index contributed by atoms with van der Waals surface area (Å²) in [6.07, 6.45) is 2.01. The van der Waals surface area contributed by atoms with Crippen LogP contribution in [0.4, 0.5) is 5.69 Å². The molecule has 0 aliphatic carbocycles. The van der Waals surface area contributed by atoms with E-state index in [1.54, 1.807) is 0 Å². The Morgan fingerprint density at radius 3 is 2.76 bits per heavy atom. The molecule has 5 heteroatoms. The molecule has 140 valence electrons. The second-order valence-corrected chi connectivity index (χ2v) is 7.33. The van der Waals surface area contributed by atoms with E-state index < -0.39 is 6.10 Å². The lowest BCUT2D eigenvalue weighted by Crippen LogP contribution is -2.49. The van der Waals surface area contributed by atoms with E-state index in [1.165, 1.54) is 16.8 Å². The summed E-state index contributed by atoms with van der Waals surface area (Å²) in [4.78, 5) is 4.79. The molecule has 0 saturated carbocycles. The fourth-order valence-corrected chi connectivity index (χ4v) is 3.71. The second kappa shape index (κ2) is 8.99. The van der Waals surface area contributed by atoms with E-state index in [2.05, 4.69) is 41.8 Å². The topological polar surface area (TPSA) is 45.2 Å². The summed E-state index contributed by atoms with van der Waals surface area (Å²) in [7, 11) is 0. The lowest BCUT2D eigenvalue weighted by Gasteiger charge is -2.37. The standard InChI is InChI=1S/C20H32N2O3/c1-16-5-3-7-20(17(16)2)22-10-8-21(9-11-22)13-18(23)14-24-15-19-6-4-12-25-19/h3,5,7,18-19,23H,4,6,8-15H2,1-2H3/t18-,19+/m0/s1. The van der Waals surface area contributed by atoms with Gasteiger partial charge < -0.3 is 19.5 Å². The zero-order valence-corrected chi connectivity index (χ0v) is 15.6. The minimum Gasteiger partial charge on any atom is -0.389 e. The molecule has 3 rings (SSSR count). The minimum atomic E-state index is -0.423. The Morgan fingerprint density at radius 1 is 1.24 bits per heavy atom. The first kappa shape index (κ1) is 18.6. The van der Waals surface area contributed by atoms with E-state index >= 15 is 0 Å². The number of nitrogens with zero attached hydrogens (tertiary/aromatic N) is 2. The van der Waals surface area contributed by atoms with Gasteiger partial charge in [-0.2, -0.15) is 0 Å². The molecule has 2 heterocycles. The summed E-state index contributed by atoms with van der Waals surface area (Å²) in [5.41, 5.74) is 4.07. The van der Waals surface area contributed by atoms with Gasteiger partial charge in [0.1, 0.15) is 0 Å². The van der Waals surface area contributed by atoms with Gasteiger partial charge in [-0.15, -0.1) is 0 Å². The molecule has 0 unspecified atom stereocenters. The molecule has 1 aromatic rings. The average Bonchev–Trinajstić information content (AvgIpc) is 3.12. The Bertz CT molecular complexity index is 538. The number of benzene rings is 1. The van der Waals surface area contributed by atoms with Crippen LogP contribution in [0.2, 0.25) is 0 Å². The van der Waals surface area contributed by atoms with E-state index in [1.807, 2.05) is 0 Å². The first-order valence-corrected chi connectivity index (χ1v) is 9.54. The van der Waals surface area contributed by atoms with Crippen LogP contribution < -0.4 is 4.90 Å². The molecule has 2 aliphatic rings. The van der Waals surface area contributed by atoms with E-state index in [9.17, 15) is 5.11 Å². The largest absolute Gasteiger partial charge is 0.389 e. The van der Waals surface area contributed by atoms with Crippen molar-refractivity contribution < 1.29 is 14.6 Å². The Morgan fingerprint density at radius 2 is 2.04 bits per heavy atom. The lowest BCUT2D eigenvalue weighted by atomic mass is 10.1. The third-order valence-corrected chi connectivity index (χ3v) is 5.40. The van der Waals surface area contributed by atoms with Gasteiger partial charge in [0.15, 0.2) is 0 Å². The summed E-state index contributed by atoms with van der Waals surface area (Å²) < 4.78 is 11.2. The number of aryl methyl sites for hydroxylation is 1. The van der Waals surface area contributed by atoms with Gasteiger partial charge in [-0.05, 0) is 43.9 Å². The van der Waals surface area contributed by atoms with Crippen LogP contribution in [0, 0.1) is 13.8 Å². The Kier molecular flexibility index (Phi) is 6.70. The highest BCUT2D eigenvalue weighted by atomic mass is 16.5. The third kappa shape index (κ3) is 5.17. The first-order valence-electron chi connectivity index (χ1n) is 9.54. The van der Waals surface area contributed by atoms with Crippen LogP contribution in [0.3, 0.4) is 0 Å². The summed E-state index contributed by atoms with van der Waals surface area (Å²) in [6.45, 7) is 10.9. The number of hydrogen-bond donors (Lipinski definition) is 1. The van der Waals surface area contributed by atoms with Crippen molar-refractivity contribution in [2.75, 3.05) is 57.4 Å². The van der Waals surface area contributed by atoms with Gasteiger partial charge in [0, 0.05) is 45.0 Å². The highest BCUT2D eigenvalue weighted by molar-refractivity contribution is 5.56. The first-order chi connectivity index (χ1) is 12.1. The van der Waals surface area contributed by atoms with Gasteiger partial charge in [0.2, 0.25) is 0 Å². The van der Waals surface area contributed by atoms with E-state index in [4.69, 9.17) is 9.47 Å². The number of rotatable bonds is 7. The molecular weight excluding hydrogens is 316 g/mol. The Labute approximate surface area is 151 Å². The molecule has 2 fully saturated rings. The van der Waals surface area contributed by atoms with Crippen LogP contribution in [0.1, 0.15) is 24.0 Å².